The van der Waals surface area contributed by atoms with Crippen LogP contribution in [-0.2, 0) is 4.74 Å². The van der Waals surface area contributed by atoms with Crippen LogP contribution in [0.4, 0.5) is 0 Å². The lowest BCUT2D eigenvalue weighted by Gasteiger charge is -2.26. The monoisotopic (exact) mass is 285 g/mol. The Hall–Kier alpha value is -1.84. The van der Waals surface area contributed by atoms with Gasteiger partial charge in [-0.15, -0.1) is 0 Å². The van der Waals surface area contributed by atoms with Gasteiger partial charge in [0.1, 0.15) is 5.75 Å². The largest absolute Gasteiger partial charge is 0.497 e. The SMILES string of the molecule is COc1cccc(C(OC(C)c2ccccc2)C(C)N)c1. The predicted molar refractivity (Wildman–Crippen MR) is 85.3 cm³/mol. The summed E-state index contributed by atoms with van der Waals surface area (Å²) in [5.74, 6) is 0.814. The third-order valence-electron chi connectivity index (χ3n) is 3.52. The quantitative estimate of drug-likeness (QED) is 0.876. The van der Waals surface area contributed by atoms with Crippen LogP contribution in [0.3, 0.4) is 0 Å². The maximum atomic E-state index is 6.20. The summed E-state index contributed by atoms with van der Waals surface area (Å²) in [6, 6.07) is 17.9. The van der Waals surface area contributed by atoms with Crippen LogP contribution in [0, 0.1) is 0 Å². The summed E-state index contributed by atoms with van der Waals surface area (Å²) in [4.78, 5) is 0. The minimum atomic E-state index is -0.171. The Bertz CT molecular complexity index is 554. The topological polar surface area (TPSA) is 44.5 Å². The minimum Gasteiger partial charge on any atom is -0.497 e. The molecule has 2 N–H and O–H groups in total. The summed E-state index contributed by atoms with van der Waals surface area (Å²) in [5.41, 5.74) is 8.30. The number of methoxy groups -OCH3 is 1. The molecule has 2 aromatic carbocycles. The second kappa shape index (κ2) is 7.25. The number of hydrogen-bond acceptors (Lipinski definition) is 3. The summed E-state index contributed by atoms with van der Waals surface area (Å²) in [5, 5.41) is 0. The van der Waals surface area contributed by atoms with Gasteiger partial charge in [0.05, 0.1) is 19.3 Å². The maximum absolute atomic E-state index is 6.20. The van der Waals surface area contributed by atoms with E-state index in [0.29, 0.717) is 0 Å². The van der Waals surface area contributed by atoms with Crippen LogP contribution in [0.25, 0.3) is 0 Å². The number of rotatable bonds is 6. The molecule has 0 radical (unpaired) electrons. The molecular weight excluding hydrogens is 262 g/mol. The van der Waals surface area contributed by atoms with E-state index < -0.39 is 0 Å². The van der Waals surface area contributed by atoms with Crippen molar-refractivity contribution in [1.82, 2.24) is 0 Å². The van der Waals surface area contributed by atoms with Crippen molar-refractivity contribution in [3.8, 4) is 5.75 Å². The van der Waals surface area contributed by atoms with Gasteiger partial charge in [0.15, 0.2) is 0 Å². The molecule has 0 heterocycles. The molecule has 2 aromatic rings. The molecule has 0 aromatic heterocycles. The van der Waals surface area contributed by atoms with Gasteiger partial charge in [0.25, 0.3) is 0 Å². The van der Waals surface area contributed by atoms with Crippen LogP contribution < -0.4 is 10.5 Å². The zero-order valence-electron chi connectivity index (χ0n) is 12.8. The van der Waals surface area contributed by atoms with Crippen molar-refractivity contribution >= 4 is 0 Å². The second-order valence-corrected chi connectivity index (χ2v) is 5.25. The van der Waals surface area contributed by atoms with E-state index >= 15 is 0 Å². The van der Waals surface area contributed by atoms with Crippen LogP contribution in [0.1, 0.15) is 37.2 Å². The third kappa shape index (κ3) is 4.06. The zero-order valence-corrected chi connectivity index (χ0v) is 12.8. The van der Waals surface area contributed by atoms with Crippen LogP contribution in [0.5, 0.6) is 5.75 Å². The standard InChI is InChI=1S/C18H23NO2/c1-13(19)18(16-10-7-11-17(12-16)20-3)21-14(2)15-8-5-4-6-9-15/h4-14,18H,19H2,1-3H3. The first-order valence-corrected chi connectivity index (χ1v) is 7.21. The fraction of sp³-hybridized carbons (Fsp3) is 0.333. The summed E-state index contributed by atoms with van der Waals surface area (Å²) in [6.45, 7) is 4.01. The number of nitrogens with two attached hydrogens (primary N) is 1. The summed E-state index contributed by atoms with van der Waals surface area (Å²) in [7, 11) is 1.66. The van der Waals surface area contributed by atoms with E-state index in [-0.39, 0.29) is 18.2 Å². The van der Waals surface area contributed by atoms with E-state index in [4.69, 9.17) is 15.2 Å². The highest BCUT2D eigenvalue weighted by Gasteiger charge is 2.21. The van der Waals surface area contributed by atoms with E-state index in [1.54, 1.807) is 7.11 Å². The molecule has 0 fully saturated rings. The van der Waals surface area contributed by atoms with Crippen LogP contribution in [0.2, 0.25) is 0 Å². The molecule has 0 aliphatic rings. The highest BCUT2D eigenvalue weighted by molar-refractivity contribution is 5.30. The summed E-state index contributed by atoms with van der Waals surface area (Å²) < 4.78 is 11.5. The van der Waals surface area contributed by atoms with Crippen molar-refractivity contribution < 1.29 is 9.47 Å². The van der Waals surface area contributed by atoms with Crippen molar-refractivity contribution in [2.24, 2.45) is 5.73 Å². The van der Waals surface area contributed by atoms with Crippen molar-refractivity contribution in [3.05, 3.63) is 65.7 Å². The fourth-order valence-electron chi connectivity index (χ4n) is 2.35. The normalized spacial score (nSPS) is 15.2. The molecule has 0 saturated carbocycles. The maximum Gasteiger partial charge on any atom is 0.119 e. The number of benzene rings is 2. The molecule has 2 rings (SSSR count). The van der Waals surface area contributed by atoms with Crippen molar-refractivity contribution in [1.29, 1.82) is 0 Å². The Morgan fingerprint density at radius 1 is 0.905 bits per heavy atom. The highest BCUT2D eigenvalue weighted by Crippen LogP contribution is 2.30. The average molecular weight is 285 g/mol. The van der Waals surface area contributed by atoms with Gasteiger partial charge in [-0.1, -0.05) is 42.5 Å². The summed E-state index contributed by atoms with van der Waals surface area (Å²) >= 11 is 0. The number of hydrogen-bond donors (Lipinski definition) is 1. The van der Waals surface area contributed by atoms with Crippen molar-refractivity contribution in [2.45, 2.75) is 32.1 Å². The van der Waals surface area contributed by atoms with E-state index in [9.17, 15) is 0 Å². The number of ether oxygens (including phenoxy) is 2. The van der Waals surface area contributed by atoms with Crippen LogP contribution in [-0.4, -0.2) is 13.2 Å². The lowest BCUT2D eigenvalue weighted by molar-refractivity contribution is -0.0163. The van der Waals surface area contributed by atoms with E-state index in [1.165, 1.54) is 0 Å². The molecule has 0 aliphatic heterocycles. The molecule has 3 heteroatoms. The van der Waals surface area contributed by atoms with Crippen molar-refractivity contribution in [2.75, 3.05) is 7.11 Å². The van der Waals surface area contributed by atoms with Gasteiger partial charge >= 0.3 is 0 Å². The first-order valence-electron chi connectivity index (χ1n) is 7.21. The van der Waals surface area contributed by atoms with Gasteiger partial charge in [0.2, 0.25) is 0 Å². The molecule has 3 unspecified atom stereocenters. The van der Waals surface area contributed by atoms with Crippen molar-refractivity contribution in [3.63, 3.8) is 0 Å². The second-order valence-electron chi connectivity index (χ2n) is 5.25. The van der Waals surface area contributed by atoms with Gasteiger partial charge in [-0.2, -0.15) is 0 Å². The lowest BCUT2D eigenvalue weighted by Crippen LogP contribution is -2.27. The van der Waals surface area contributed by atoms with Crippen LogP contribution in [0.15, 0.2) is 54.6 Å². The molecule has 21 heavy (non-hydrogen) atoms. The van der Waals surface area contributed by atoms with Gasteiger partial charge in [-0.25, -0.2) is 0 Å². The molecule has 0 aliphatic carbocycles. The van der Waals surface area contributed by atoms with Gasteiger partial charge in [-0.3, -0.25) is 0 Å². The Labute approximate surface area is 126 Å². The van der Waals surface area contributed by atoms with E-state index in [0.717, 1.165) is 16.9 Å². The molecule has 0 amide bonds. The van der Waals surface area contributed by atoms with E-state index in [2.05, 4.69) is 12.1 Å². The third-order valence-corrected chi connectivity index (χ3v) is 3.52. The zero-order chi connectivity index (χ0) is 15.2. The Morgan fingerprint density at radius 3 is 2.19 bits per heavy atom. The van der Waals surface area contributed by atoms with Gasteiger partial charge in [0, 0.05) is 6.04 Å². The Balaban J connectivity index is 2.19. The molecule has 0 bridgehead atoms. The Morgan fingerprint density at radius 2 is 1.57 bits per heavy atom. The molecule has 0 spiro atoms. The molecule has 0 saturated heterocycles. The smallest absolute Gasteiger partial charge is 0.119 e. The first-order chi connectivity index (χ1) is 10.1. The predicted octanol–water partition coefficient (Wildman–Crippen LogP) is 3.86. The highest BCUT2D eigenvalue weighted by atomic mass is 16.5. The molecule has 3 nitrogen and oxygen atoms in total. The molecule has 112 valence electrons. The first kappa shape index (κ1) is 15.5. The Kier molecular flexibility index (Phi) is 5.37. The molecule has 3 atom stereocenters. The van der Waals surface area contributed by atoms with Crippen LogP contribution >= 0.6 is 0 Å². The van der Waals surface area contributed by atoms with Gasteiger partial charge < -0.3 is 15.2 Å². The van der Waals surface area contributed by atoms with Gasteiger partial charge in [-0.05, 0) is 37.1 Å². The van der Waals surface area contributed by atoms with E-state index in [1.807, 2.05) is 56.3 Å². The summed E-state index contributed by atoms with van der Waals surface area (Å²) in [6.07, 6.45) is -0.191. The molecular formula is C18H23NO2. The fourth-order valence-corrected chi connectivity index (χ4v) is 2.35. The lowest BCUT2D eigenvalue weighted by atomic mass is 10.0. The minimum absolute atomic E-state index is 0.0200. The average Bonchev–Trinajstić information content (AvgIpc) is 2.53.